The van der Waals surface area contributed by atoms with Crippen LogP contribution in [-0.2, 0) is 16.0 Å². The van der Waals surface area contributed by atoms with Crippen LogP contribution in [0.15, 0.2) is 30.4 Å². The van der Waals surface area contributed by atoms with E-state index in [9.17, 15) is 24.6 Å². The van der Waals surface area contributed by atoms with Crippen LogP contribution in [0, 0.1) is 0 Å². The summed E-state index contributed by atoms with van der Waals surface area (Å²) in [6, 6.07) is 4.06. The van der Waals surface area contributed by atoms with Crippen molar-refractivity contribution >= 4 is 17.9 Å². The van der Waals surface area contributed by atoms with Crippen molar-refractivity contribution in [2.24, 2.45) is 0 Å². The molecule has 3 N–H and O–H groups in total. The zero-order valence-electron chi connectivity index (χ0n) is 13.5. The van der Waals surface area contributed by atoms with Crippen molar-refractivity contribution in [1.82, 2.24) is 0 Å². The third-order valence-corrected chi connectivity index (χ3v) is 3.39. The smallest absolute Gasteiger partial charge is 0.336 e. The maximum Gasteiger partial charge on any atom is 0.336 e. The van der Waals surface area contributed by atoms with Crippen LogP contribution in [0.4, 0.5) is 0 Å². The third kappa shape index (κ3) is 5.20. The van der Waals surface area contributed by atoms with Gasteiger partial charge in [-0.3, -0.25) is 0 Å². The Labute approximate surface area is 139 Å². The van der Waals surface area contributed by atoms with Gasteiger partial charge in [-0.05, 0) is 25.5 Å². The second-order valence-electron chi connectivity index (χ2n) is 5.79. The first-order valence-corrected chi connectivity index (χ1v) is 7.18. The average Bonchev–Trinajstić information content (AvgIpc) is 2.45. The van der Waals surface area contributed by atoms with E-state index in [1.807, 2.05) is 0 Å². The van der Waals surface area contributed by atoms with Gasteiger partial charge in [0.2, 0.25) is 0 Å². The standard InChI is InChI=1S/C17H20O7/c1-10(2)16(22)24-8-7-17(3,23)9-11-5-4-6-12(14(18)19)13(11)15(20)21/h4-6,23H,1,7-9H2,2-3H3,(H,18,19)(H,20,21). The molecule has 1 rings (SSSR count). The summed E-state index contributed by atoms with van der Waals surface area (Å²) < 4.78 is 4.91. The van der Waals surface area contributed by atoms with E-state index in [1.165, 1.54) is 32.0 Å². The number of carbonyl (C=O) groups excluding carboxylic acids is 1. The normalized spacial score (nSPS) is 13.0. The van der Waals surface area contributed by atoms with Gasteiger partial charge in [-0.15, -0.1) is 0 Å². The van der Waals surface area contributed by atoms with Crippen LogP contribution in [0.3, 0.4) is 0 Å². The molecule has 1 unspecified atom stereocenters. The molecule has 7 nitrogen and oxygen atoms in total. The van der Waals surface area contributed by atoms with E-state index in [-0.39, 0.29) is 41.7 Å². The van der Waals surface area contributed by atoms with E-state index < -0.39 is 23.5 Å². The lowest BCUT2D eigenvalue weighted by atomic mass is 9.89. The molecule has 0 bridgehead atoms. The number of esters is 1. The van der Waals surface area contributed by atoms with Gasteiger partial charge in [-0.1, -0.05) is 18.7 Å². The Morgan fingerprint density at radius 1 is 1.21 bits per heavy atom. The molecule has 0 radical (unpaired) electrons. The highest BCUT2D eigenvalue weighted by atomic mass is 16.5. The molecule has 1 aromatic rings. The van der Waals surface area contributed by atoms with E-state index in [0.29, 0.717) is 0 Å². The molecule has 1 atom stereocenters. The van der Waals surface area contributed by atoms with Gasteiger partial charge < -0.3 is 20.1 Å². The van der Waals surface area contributed by atoms with Gasteiger partial charge in [0, 0.05) is 18.4 Å². The van der Waals surface area contributed by atoms with Crippen molar-refractivity contribution in [1.29, 1.82) is 0 Å². The van der Waals surface area contributed by atoms with Gasteiger partial charge in [0.05, 0.1) is 23.3 Å². The van der Waals surface area contributed by atoms with Crippen molar-refractivity contribution < 1.29 is 34.4 Å². The summed E-state index contributed by atoms with van der Waals surface area (Å²) in [5.41, 5.74) is -1.65. The first kappa shape index (κ1) is 19.4. The number of benzene rings is 1. The second-order valence-corrected chi connectivity index (χ2v) is 5.79. The molecule has 0 heterocycles. The molecule has 0 saturated carbocycles. The van der Waals surface area contributed by atoms with E-state index >= 15 is 0 Å². The lowest BCUT2D eigenvalue weighted by molar-refractivity contribution is -0.140. The van der Waals surface area contributed by atoms with Crippen LogP contribution in [0.2, 0.25) is 0 Å². The topological polar surface area (TPSA) is 121 Å². The Kier molecular flexibility index (Phi) is 6.25. The SMILES string of the molecule is C=C(C)C(=O)OCCC(C)(O)Cc1cccc(C(=O)O)c1C(=O)O. The van der Waals surface area contributed by atoms with Crippen molar-refractivity contribution in [2.75, 3.05) is 6.61 Å². The molecule has 0 fully saturated rings. The summed E-state index contributed by atoms with van der Waals surface area (Å²) >= 11 is 0. The first-order chi connectivity index (χ1) is 11.0. The maximum absolute atomic E-state index is 11.4. The van der Waals surface area contributed by atoms with Gasteiger partial charge in [0.15, 0.2) is 0 Å². The van der Waals surface area contributed by atoms with Gasteiger partial charge in [-0.25, -0.2) is 14.4 Å². The molecular formula is C17H20O7. The molecule has 7 heteroatoms. The minimum absolute atomic E-state index is 0.0579. The molecule has 0 saturated heterocycles. The fourth-order valence-corrected chi connectivity index (χ4v) is 2.16. The Bertz CT molecular complexity index is 674. The summed E-state index contributed by atoms with van der Waals surface area (Å²) in [6.45, 7) is 6.32. The summed E-state index contributed by atoms with van der Waals surface area (Å²) in [6.07, 6.45) is -0.0389. The van der Waals surface area contributed by atoms with Crippen LogP contribution >= 0.6 is 0 Å². The predicted octanol–water partition coefficient (Wildman–Crippen LogP) is 1.89. The van der Waals surface area contributed by atoms with E-state index in [2.05, 4.69) is 6.58 Å². The maximum atomic E-state index is 11.4. The van der Waals surface area contributed by atoms with Crippen LogP contribution in [-0.4, -0.2) is 45.4 Å². The number of carbonyl (C=O) groups is 3. The quantitative estimate of drug-likeness (QED) is 0.489. The van der Waals surface area contributed by atoms with Gasteiger partial charge >= 0.3 is 17.9 Å². The Morgan fingerprint density at radius 3 is 2.33 bits per heavy atom. The molecule has 1 aromatic carbocycles. The number of aliphatic hydroxyl groups is 1. The molecule has 0 aromatic heterocycles. The lowest BCUT2D eigenvalue weighted by Crippen LogP contribution is -2.30. The molecule has 0 aliphatic rings. The largest absolute Gasteiger partial charge is 0.478 e. The average molecular weight is 336 g/mol. The van der Waals surface area contributed by atoms with Crippen molar-refractivity contribution in [3.05, 3.63) is 47.0 Å². The number of ether oxygens (including phenoxy) is 1. The third-order valence-electron chi connectivity index (χ3n) is 3.39. The number of aromatic carboxylic acids is 2. The van der Waals surface area contributed by atoms with Crippen LogP contribution in [0.25, 0.3) is 0 Å². The minimum Gasteiger partial charge on any atom is -0.478 e. The number of carboxylic acids is 2. The van der Waals surface area contributed by atoms with Crippen LogP contribution < -0.4 is 0 Å². The zero-order valence-corrected chi connectivity index (χ0v) is 13.5. The summed E-state index contributed by atoms with van der Waals surface area (Å²) in [4.78, 5) is 33.9. The molecule has 130 valence electrons. The van der Waals surface area contributed by atoms with Crippen molar-refractivity contribution in [2.45, 2.75) is 32.3 Å². The van der Waals surface area contributed by atoms with E-state index in [0.717, 1.165) is 0 Å². The molecule has 0 aliphatic heterocycles. The van der Waals surface area contributed by atoms with Crippen molar-refractivity contribution in [3.8, 4) is 0 Å². The number of rotatable bonds is 8. The second kappa shape index (κ2) is 7.74. The van der Waals surface area contributed by atoms with Crippen molar-refractivity contribution in [3.63, 3.8) is 0 Å². The summed E-state index contributed by atoms with van der Waals surface area (Å²) in [5.74, 6) is -3.32. The van der Waals surface area contributed by atoms with Gasteiger partial charge in [-0.2, -0.15) is 0 Å². The molecule has 0 aliphatic carbocycles. The molecular weight excluding hydrogens is 316 g/mol. The predicted molar refractivity (Wildman–Crippen MR) is 85.1 cm³/mol. The van der Waals surface area contributed by atoms with E-state index in [4.69, 9.17) is 9.84 Å². The van der Waals surface area contributed by atoms with Crippen LogP contribution in [0.5, 0.6) is 0 Å². The monoisotopic (exact) mass is 336 g/mol. The minimum atomic E-state index is -1.38. The Hall–Kier alpha value is -2.67. The number of hydrogen-bond acceptors (Lipinski definition) is 5. The van der Waals surface area contributed by atoms with Crippen LogP contribution in [0.1, 0.15) is 46.5 Å². The number of carboxylic acid groups (broad SMARTS) is 2. The molecule has 0 spiro atoms. The molecule has 24 heavy (non-hydrogen) atoms. The Balaban J connectivity index is 2.93. The van der Waals surface area contributed by atoms with Gasteiger partial charge in [0.25, 0.3) is 0 Å². The zero-order chi connectivity index (χ0) is 18.5. The van der Waals surface area contributed by atoms with Gasteiger partial charge in [0.1, 0.15) is 0 Å². The Morgan fingerprint density at radius 2 is 1.83 bits per heavy atom. The summed E-state index contributed by atoms with van der Waals surface area (Å²) in [7, 11) is 0. The highest BCUT2D eigenvalue weighted by Gasteiger charge is 2.27. The fourth-order valence-electron chi connectivity index (χ4n) is 2.16. The lowest BCUT2D eigenvalue weighted by Gasteiger charge is -2.24. The first-order valence-electron chi connectivity index (χ1n) is 7.18. The highest BCUT2D eigenvalue weighted by Crippen LogP contribution is 2.23. The molecule has 0 amide bonds. The fraction of sp³-hybridized carbons (Fsp3) is 0.353. The number of hydrogen-bond donors (Lipinski definition) is 3. The highest BCUT2D eigenvalue weighted by molar-refractivity contribution is 6.02. The van der Waals surface area contributed by atoms with E-state index in [1.54, 1.807) is 0 Å². The summed E-state index contributed by atoms with van der Waals surface area (Å²) in [5, 5.41) is 28.8.